The quantitative estimate of drug-likeness (QED) is 0.430. The van der Waals surface area contributed by atoms with Crippen molar-refractivity contribution in [3.63, 3.8) is 0 Å². The molecule has 7 nitrogen and oxygen atoms in total. The van der Waals surface area contributed by atoms with Crippen LogP contribution in [-0.4, -0.2) is 39.3 Å². The zero-order valence-corrected chi connectivity index (χ0v) is 18.1. The van der Waals surface area contributed by atoms with E-state index in [0.29, 0.717) is 22.9 Å². The normalized spacial score (nSPS) is 15.3. The first-order chi connectivity index (χ1) is 14.9. The number of hydrogen-bond donors (Lipinski definition) is 1. The molecular formula is C21H19Cl2FN6O. The van der Waals surface area contributed by atoms with Gasteiger partial charge in [0.25, 0.3) is 0 Å². The van der Waals surface area contributed by atoms with Crippen LogP contribution in [0.2, 0.25) is 10.0 Å². The molecule has 3 aromatic rings. The number of ether oxygens (including phenoxy) is 1. The van der Waals surface area contributed by atoms with Gasteiger partial charge in [-0.2, -0.15) is 10.4 Å². The molecule has 1 unspecified atom stereocenters. The fourth-order valence-electron chi connectivity index (χ4n) is 3.50. The molecule has 0 spiro atoms. The number of nitrogens with two attached hydrogens (primary N) is 1. The lowest BCUT2D eigenvalue weighted by Crippen LogP contribution is -2.47. The summed E-state index contributed by atoms with van der Waals surface area (Å²) in [6.07, 6.45) is 4.65. The second kappa shape index (κ2) is 8.71. The predicted octanol–water partition coefficient (Wildman–Crippen LogP) is 4.49. The largest absolute Gasteiger partial charge is 0.482 e. The van der Waals surface area contributed by atoms with Gasteiger partial charge in [0.1, 0.15) is 11.9 Å². The Labute approximate surface area is 188 Å². The maximum atomic E-state index is 13.9. The summed E-state index contributed by atoms with van der Waals surface area (Å²) < 4.78 is 21.7. The molecule has 0 amide bonds. The summed E-state index contributed by atoms with van der Waals surface area (Å²) in [6, 6.07) is 6.77. The first kappa shape index (κ1) is 21.4. The summed E-state index contributed by atoms with van der Waals surface area (Å²) in [5, 5.41) is 13.4. The van der Waals surface area contributed by atoms with Crippen molar-refractivity contribution in [3.05, 3.63) is 58.2 Å². The van der Waals surface area contributed by atoms with Gasteiger partial charge < -0.3 is 10.5 Å². The molecule has 0 radical (unpaired) electrons. The van der Waals surface area contributed by atoms with Crippen molar-refractivity contribution in [2.45, 2.75) is 19.1 Å². The Kier molecular flexibility index (Phi) is 6.01. The number of aromatic nitrogens is 3. The van der Waals surface area contributed by atoms with E-state index in [0.717, 1.165) is 24.2 Å². The first-order valence-corrected chi connectivity index (χ1v) is 10.3. The van der Waals surface area contributed by atoms with Gasteiger partial charge in [-0.1, -0.05) is 23.2 Å². The Bertz CT molecular complexity index is 1160. The molecule has 0 bridgehead atoms. The van der Waals surface area contributed by atoms with Crippen LogP contribution >= 0.6 is 23.2 Å². The van der Waals surface area contributed by atoms with Crippen molar-refractivity contribution in [3.8, 4) is 22.9 Å². The van der Waals surface area contributed by atoms with E-state index in [2.05, 4.69) is 16.2 Å². The number of hydrogen-bond acceptors (Lipinski definition) is 6. The molecule has 1 atom stereocenters. The summed E-state index contributed by atoms with van der Waals surface area (Å²) in [5.41, 5.74) is 7.96. The molecule has 0 saturated carbocycles. The molecule has 3 heterocycles. The zero-order chi connectivity index (χ0) is 22.1. The molecule has 2 aromatic heterocycles. The number of benzene rings is 1. The van der Waals surface area contributed by atoms with Crippen LogP contribution in [0.5, 0.6) is 5.75 Å². The molecule has 1 aliphatic rings. The maximum Gasteiger partial charge on any atom is 0.166 e. The topological polar surface area (TPSA) is 93.0 Å². The minimum Gasteiger partial charge on any atom is -0.482 e. The Balaban J connectivity index is 1.54. The highest BCUT2D eigenvalue weighted by molar-refractivity contribution is 6.36. The van der Waals surface area contributed by atoms with Crippen LogP contribution in [0, 0.1) is 17.1 Å². The molecule has 31 heavy (non-hydrogen) atoms. The van der Waals surface area contributed by atoms with Gasteiger partial charge in [0.05, 0.1) is 29.9 Å². The summed E-state index contributed by atoms with van der Waals surface area (Å²) in [4.78, 5) is 6.27. The summed E-state index contributed by atoms with van der Waals surface area (Å²) in [7, 11) is 0. The van der Waals surface area contributed by atoms with Gasteiger partial charge in [-0.05, 0) is 25.1 Å². The number of pyridine rings is 1. The first-order valence-electron chi connectivity index (χ1n) is 9.56. The number of anilines is 1. The smallest absolute Gasteiger partial charge is 0.166 e. The highest BCUT2D eigenvalue weighted by Gasteiger charge is 2.28. The summed E-state index contributed by atoms with van der Waals surface area (Å²) >= 11 is 12.3. The molecule has 1 saturated heterocycles. The number of halogens is 3. The molecule has 1 fully saturated rings. The SMILES string of the molecule is CC(Oc1cc(-c2cnn(C3CN(CC#N)C3)c2)cnc1N)c1c(Cl)ccc(F)c1Cl. The average molecular weight is 461 g/mol. The van der Waals surface area contributed by atoms with Gasteiger partial charge >= 0.3 is 0 Å². The van der Waals surface area contributed by atoms with Crippen LogP contribution in [0.25, 0.3) is 11.1 Å². The van der Waals surface area contributed by atoms with Gasteiger partial charge in [-0.3, -0.25) is 9.58 Å². The van der Waals surface area contributed by atoms with Crippen molar-refractivity contribution in [1.29, 1.82) is 5.26 Å². The lowest BCUT2D eigenvalue weighted by atomic mass is 10.1. The lowest BCUT2D eigenvalue weighted by Gasteiger charge is -2.37. The number of nitrogens with zero attached hydrogens (tertiary/aromatic N) is 5. The Morgan fingerprint density at radius 1 is 1.32 bits per heavy atom. The minimum atomic E-state index is -0.654. The Morgan fingerprint density at radius 3 is 2.84 bits per heavy atom. The molecule has 1 aliphatic heterocycles. The van der Waals surface area contributed by atoms with E-state index >= 15 is 0 Å². The zero-order valence-electron chi connectivity index (χ0n) is 16.6. The van der Waals surface area contributed by atoms with Crippen LogP contribution in [0.4, 0.5) is 10.2 Å². The van der Waals surface area contributed by atoms with Crippen LogP contribution < -0.4 is 10.5 Å². The van der Waals surface area contributed by atoms with Gasteiger partial charge in [0, 0.05) is 47.2 Å². The number of nitriles is 1. The Hall–Kier alpha value is -2.86. The molecule has 0 aliphatic carbocycles. The molecule has 4 rings (SSSR count). The van der Waals surface area contributed by atoms with E-state index in [9.17, 15) is 4.39 Å². The fourth-order valence-corrected chi connectivity index (χ4v) is 4.18. The number of rotatable bonds is 6. The van der Waals surface area contributed by atoms with E-state index in [1.165, 1.54) is 12.1 Å². The van der Waals surface area contributed by atoms with Crippen molar-refractivity contribution in [1.82, 2.24) is 19.7 Å². The van der Waals surface area contributed by atoms with Crippen LogP contribution in [-0.2, 0) is 0 Å². The minimum absolute atomic E-state index is 0.0881. The van der Waals surface area contributed by atoms with Crippen molar-refractivity contribution < 1.29 is 9.13 Å². The molecule has 10 heteroatoms. The second-order valence-corrected chi connectivity index (χ2v) is 8.12. The summed E-state index contributed by atoms with van der Waals surface area (Å²) in [6.45, 7) is 3.70. The third-order valence-corrected chi connectivity index (χ3v) is 5.93. The van der Waals surface area contributed by atoms with Crippen molar-refractivity contribution in [2.75, 3.05) is 25.4 Å². The standard InChI is InChI=1S/C21H19Cl2FN6O/c1-12(19-16(22)2-3-17(24)20(19)23)31-18-6-13(7-27-21(18)26)14-8-28-30(9-14)15-10-29(11-15)5-4-25/h2-3,6-9,12,15H,5,10-11H2,1H3,(H2,26,27). The number of nitrogen functional groups attached to an aromatic ring is 1. The lowest BCUT2D eigenvalue weighted by molar-refractivity contribution is 0.115. The van der Waals surface area contributed by atoms with Crippen LogP contribution in [0.3, 0.4) is 0 Å². The van der Waals surface area contributed by atoms with E-state index in [1.54, 1.807) is 25.4 Å². The van der Waals surface area contributed by atoms with Crippen LogP contribution in [0.15, 0.2) is 36.8 Å². The predicted molar refractivity (Wildman–Crippen MR) is 116 cm³/mol. The van der Waals surface area contributed by atoms with Gasteiger partial charge in [-0.15, -0.1) is 0 Å². The molecular weight excluding hydrogens is 442 g/mol. The van der Waals surface area contributed by atoms with E-state index in [-0.39, 0.29) is 16.9 Å². The van der Waals surface area contributed by atoms with Gasteiger partial charge in [0.2, 0.25) is 0 Å². The average Bonchev–Trinajstić information content (AvgIpc) is 3.19. The molecule has 160 valence electrons. The highest BCUT2D eigenvalue weighted by Crippen LogP contribution is 2.37. The van der Waals surface area contributed by atoms with Crippen LogP contribution in [0.1, 0.15) is 24.6 Å². The third kappa shape index (κ3) is 4.30. The van der Waals surface area contributed by atoms with E-state index in [4.69, 9.17) is 38.9 Å². The van der Waals surface area contributed by atoms with Crippen molar-refractivity contribution in [2.24, 2.45) is 0 Å². The van der Waals surface area contributed by atoms with Crippen molar-refractivity contribution >= 4 is 29.0 Å². The maximum absolute atomic E-state index is 13.9. The Morgan fingerprint density at radius 2 is 2.10 bits per heavy atom. The van der Waals surface area contributed by atoms with E-state index < -0.39 is 11.9 Å². The monoisotopic (exact) mass is 460 g/mol. The van der Waals surface area contributed by atoms with E-state index in [1.807, 2.05) is 15.8 Å². The van der Waals surface area contributed by atoms with Gasteiger partial charge in [-0.25, -0.2) is 9.37 Å². The second-order valence-electron chi connectivity index (χ2n) is 7.34. The number of likely N-dealkylation sites (tertiary alicyclic amines) is 1. The molecule has 2 N–H and O–H groups in total. The third-order valence-electron chi connectivity index (χ3n) is 5.21. The van der Waals surface area contributed by atoms with Gasteiger partial charge in [0.15, 0.2) is 11.6 Å². The summed E-state index contributed by atoms with van der Waals surface area (Å²) in [5.74, 6) is -0.0520. The fraction of sp³-hybridized carbons (Fsp3) is 0.286. The molecule has 1 aromatic carbocycles. The highest BCUT2D eigenvalue weighted by atomic mass is 35.5.